The van der Waals surface area contributed by atoms with Gasteiger partial charge in [0.05, 0.1) is 5.41 Å². The Hall–Kier alpha value is -1.35. The van der Waals surface area contributed by atoms with Crippen LogP contribution in [0.15, 0.2) is 18.2 Å². The Morgan fingerprint density at radius 3 is 2.68 bits per heavy atom. The van der Waals surface area contributed by atoms with Crippen LogP contribution in [-0.4, -0.2) is 29.1 Å². The summed E-state index contributed by atoms with van der Waals surface area (Å²) in [6, 6.07) is 6.48. The van der Waals surface area contributed by atoms with E-state index >= 15 is 0 Å². The molecular weight excluding hydrogens is 238 g/mol. The first-order valence-corrected chi connectivity index (χ1v) is 6.99. The van der Waals surface area contributed by atoms with Crippen molar-refractivity contribution in [3.05, 3.63) is 34.9 Å². The topological polar surface area (TPSA) is 40.5 Å². The molecule has 1 aromatic carbocycles. The Morgan fingerprint density at radius 2 is 2.16 bits per heavy atom. The van der Waals surface area contributed by atoms with Crippen LogP contribution < -0.4 is 0 Å². The predicted octanol–water partition coefficient (Wildman–Crippen LogP) is 2.99. The van der Waals surface area contributed by atoms with E-state index in [1.807, 2.05) is 6.92 Å². The van der Waals surface area contributed by atoms with Crippen LogP contribution in [-0.2, 0) is 11.3 Å². The van der Waals surface area contributed by atoms with E-state index in [9.17, 15) is 9.90 Å². The Kier molecular flexibility index (Phi) is 3.95. The molecule has 2 rings (SSSR count). The second-order valence-electron chi connectivity index (χ2n) is 5.83. The van der Waals surface area contributed by atoms with E-state index < -0.39 is 11.4 Å². The van der Waals surface area contributed by atoms with Gasteiger partial charge in [-0.25, -0.2) is 0 Å². The van der Waals surface area contributed by atoms with E-state index in [1.54, 1.807) is 0 Å². The molecule has 1 aliphatic rings. The molecule has 1 N–H and O–H groups in total. The third-order valence-electron chi connectivity index (χ3n) is 4.46. The molecule has 19 heavy (non-hydrogen) atoms. The highest BCUT2D eigenvalue weighted by Crippen LogP contribution is 2.35. The molecule has 1 saturated heterocycles. The average Bonchev–Trinajstić information content (AvgIpc) is 2.77. The van der Waals surface area contributed by atoms with Gasteiger partial charge < -0.3 is 5.11 Å². The van der Waals surface area contributed by atoms with Crippen molar-refractivity contribution in [3.8, 4) is 0 Å². The zero-order valence-electron chi connectivity index (χ0n) is 12.1. The quantitative estimate of drug-likeness (QED) is 0.905. The van der Waals surface area contributed by atoms with Gasteiger partial charge in [0, 0.05) is 13.1 Å². The molecule has 0 aliphatic carbocycles. The monoisotopic (exact) mass is 261 g/mol. The van der Waals surface area contributed by atoms with Gasteiger partial charge in [-0.05, 0) is 44.4 Å². The van der Waals surface area contributed by atoms with E-state index in [0.29, 0.717) is 13.0 Å². The van der Waals surface area contributed by atoms with Crippen molar-refractivity contribution in [1.82, 2.24) is 4.90 Å². The molecule has 0 saturated carbocycles. The number of hydrogen-bond donors (Lipinski definition) is 1. The van der Waals surface area contributed by atoms with Gasteiger partial charge in [-0.1, -0.05) is 30.7 Å². The number of carboxylic acid groups (broad SMARTS) is 1. The van der Waals surface area contributed by atoms with Crippen LogP contribution in [0.3, 0.4) is 0 Å². The van der Waals surface area contributed by atoms with E-state index in [1.165, 1.54) is 16.7 Å². The molecule has 1 aromatic rings. The molecule has 0 spiro atoms. The highest BCUT2D eigenvalue weighted by Gasteiger charge is 2.43. The zero-order valence-corrected chi connectivity index (χ0v) is 12.1. The second kappa shape index (κ2) is 5.33. The van der Waals surface area contributed by atoms with E-state index in [0.717, 1.165) is 19.5 Å². The van der Waals surface area contributed by atoms with Gasteiger partial charge >= 0.3 is 5.97 Å². The summed E-state index contributed by atoms with van der Waals surface area (Å²) in [4.78, 5) is 13.7. The molecular formula is C16H23NO2. The summed E-state index contributed by atoms with van der Waals surface area (Å²) in [5.41, 5.74) is 3.35. The lowest BCUT2D eigenvalue weighted by Gasteiger charge is -2.23. The van der Waals surface area contributed by atoms with Crippen LogP contribution in [0.4, 0.5) is 0 Å². The third kappa shape index (κ3) is 2.81. The number of hydrogen-bond acceptors (Lipinski definition) is 2. The molecule has 3 nitrogen and oxygen atoms in total. The molecule has 1 heterocycles. The summed E-state index contributed by atoms with van der Waals surface area (Å²) in [5, 5.41) is 9.41. The number of nitrogens with zero attached hydrogens (tertiary/aromatic N) is 1. The molecule has 1 fully saturated rings. The maximum atomic E-state index is 11.4. The van der Waals surface area contributed by atoms with Crippen molar-refractivity contribution in [2.75, 3.05) is 13.1 Å². The summed E-state index contributed by atoms with van der Waals surface area (Å²) in [6.45, 7) is 8.62. The van der Waals surface area contributed by atoms with Crippen LogP contribution in [0.1, 0.15) is 36.5 Å². The first kappa shape index (κ1) is 14.1. The van der Waals surface area contributed by atoms with E-state index in [-0.39, 0.29) is 0 Å². The van der Waals surface area contributed by atoms with Crippen LogP contribution in [0.5, 0.6) is 0 Å². The maximum Gasteiger partial charge on any atom is 0.310 e. The van der Waals surface area contributed by atoms with Gasteiger partial charge in [0.15, 0.2) is 0 Å². The Labute approximate surface area is 115 Å². The lowest BCUT2D eigenvalue weighted by atomic mass is 9.84. The number of carboxylic acids is 1. The molecule has 0 radical (unpaired) electrons. The third-order valence-corrected chi connectivity index (χ3v) is 4.46. The normalized spacial score (nSPS) is 23.7. The van der Waals surface area contributed by atoms with Gasteiger partial charge in [0.25, 0.3) is 0 Å². The van der Waals surface area contributed by atoms with E-state index in [2.05, 4.69) is 36.9 Å². The van der Waals surface area contributed by atoms with Crippen LogP contribution in [0.2, 0.25) is 0 Å². The minimum absolute atomic E-state index is 0.529. The van der Waals surface area contributed by atoms with Gasteiger partial charge in [0.2, 0.25) is 0 Å². The van der Waals surface area contributed by atoms with Crippen molar-refractivity contribution >= 4 is 5.97 Å². The SMILES string of the molecule is CCC1(C(=O)O)CCN(Cc2ccc(C)cc2C)C1. The summed E-state index contributed by atoms with van der Waals surface area (Å²) < 4.78 is 0. The Morgan fingerprint density at radius 1 is 1.42 bits per heavy atom. The molecule has 0 bridgehead atoms. The van der Waals surface area contributed by atoms with Crippen LogP contribution in [0, 0.1) is 19.3 Å². The van der Waals surface area contributed by atoms with Crippen LogP contribution in [0.25, 0.3) is 0 Å². The number of aryl methyl sites for hydroxylation is 2. The summed E-state index contributed by atoms with van der Waals surface area (Å²) in [6.07, 6.45) is 1.48. The molecule has 1 aliphatic heterocycles. The molecule has 1 unspecified atom stereocenters. The van der Waals surface area contributed by atoms with Crippen molar-refractivity contribution in [1.29, 1.82) is 0 Å². The van der Waals surface area contributed by atoms with Gasteiger partial charge in [-0.15, -0.1) is 0 Å². The maximum absolute atomic E-state index is 11.4. The number of carbonyl (C=O) groups is 1. The minimum Gasteiger partial charge on any atom is -0.481 e. The number of rotatable bonds is 4. The average molecular weight is 261 g/mol. The number of aliphatic carboxylic acids is 1. The smallest absolute Gasteiger partial charge is 0.310 e. The Balaban J connectivity index is 2.08. The lowest BCUT2D eigenvalue weighted by molar-refractivity contribution is -0.148. The predicted molar refractivity (Wildman–Crippen MR) is 76.2 cm³/mol. The molecule has 0 aromatic heterocycles. The van der Waals surface area contributed by atoms with Crippen molar-refractivity contribution in [3.63, 3.8) is 0 Å². The first-order valence-electron chi connectivity index (χ1n) is 6.99. The fourth-order valence-electron chi connectivity index (χ4n) is 2.97. The van der Waals surface area contributed by atoms with Crippen molar-refractivity contribution in [2.45, 2.75) is 40.2 Å². The fourth-order valence-corrected chi connectivity index (χ4v) is 2.97. The standard InChI is InChI=1S/C16H23NO2/c1-4-16(15(18)19)7-8-17(11-16)10-14-6-5-12(2)9-13(14)3/h5-6,9H,4,7-8,10-11H2,1-3H3,(H,18,19). The number of likely N-dealkylation sites (tertiary alicyclic amines) is 1. The molecule has 1 atom stereocenters. The molecule has 0 amide bonds. The minimum atomic E-state index is -0.641. The van der Waals surface area contributed by atoms with E-state index in [4.69, 9.17) is 0 Å². The van der Waals surface area contributed by atoms with Crippen LogP contribution >= 0.6 is 0 Å². The fraction of sp³-hybridized carbons (Fsp3) is 0.562. The van der Waals surface area contributed by atoms with Crippen molar-refractivity contribution < 1.29 is 9.90 Å². The zero-order chi connectivity index (χ0) is 14.0. The molecule has 104 valence electrons. The Bertz CT molecular complexity index is 484. The highest BCUT2D eigenvalue weighted by molar-refractivity contribution is 5.75. The summed E-state index contributed by atoms with van der Waals surface area (Å²) in [5.74, 6) is -0.641. The second-order valence-corrected chi connectivity index (χ2v) is 5.83. The summed E-state index contributed by atoms with van der Waals surface area (Å²) >= 11 is 0. The van der Waals surface area contributed by atoms with Crippen molar-refractivity contribution in [2.24, 2.45) is 5.41 Å². The highest BCUT2D eigenvalue weighted by atomic mass is 16.4. The van der Waals surface area contributed by atoms with Gasteiger partial charge in [-0.2, -0.15) is 0 Å². The summed E-state index contributed by atoms with van der Waals surface area (Å²) in [7, 11) is 0. The first-order chi connectivity index (χ1) is 8.97. The largest absolute Gasteiger partial charge is 0.481 e. The van der Waals surface area contributed by atoms with Gasteiger partial charge in [-0.3, -0.25) is 9.69 Å². The lowest BCUT2D eigenvalue weighted by Crippen LogP contribution is -2.34. The van der Waals surface area contributed by atoms with Gasteiger partial charge in [0.1, 0.15) is 0 Å². The number of benzene rings is 1. The molecule has 3 heteroatoms.